The maximum Gasteiger partial charge on any atom is 0.118 e. The first kappa shape index (κ1) is 5.89. The van der Waals surface area contributed by atoms with Crippen LogP contribution in [0.4, 0.5) is 4.39 Å². The smallest absolute Gasteiger partial charge is 0.118 e. The fourth-order valence-electron chi connectivity index (χ4n) is 0.162. The minimum Gasteiger partial charge on any atom is -0.373 e. The molecule has 0 amide bonds. The fraction of sp³-hybridized carbons (Fsp3) is 0.750. The monoisotopic (exact) mass is 91.1 g/mol. The summed E-state index contributed by atoms with van der Waals surface area (Å²) in [7, 11) is 0. The van der Waals surface area contributed by atoms with Gasteiger partial charge >= 0.3 is 0 Å². The zero-order chi connectivity index (χ0) is 4.83. The largest absolute Gasteiger partial charge is 0.373 e. The molecule has 0 aliphatic heterocycles. The molecule has 1 nitrogen and oxygen atoms in total. The molecule has 0 saturated heterocycles. The SMILES string of the molecule is CCO[CH]CF. The van der Waals surface area contributed by atoms with Gasteiger partial charge in [0.1, 0.15) is 13.3 Å². The Morgan fingerprint density at radius 1 is 1.83 bits per heavy atom. The molecule has 37 valence electrons. The van der Waals surface area contributed by atoms with Gasteiger partial charge in [0.2, 0.25) is 0 Å². The highest BCUT2D eigenvalue weighted by molar-refractivity contribution is 4.40. The van der Waals surface area contributed by atoms with Gasteiger partial charge in [0.25, 0.3) is 0 Å². The average molecular weight is 91.1 g/mol. The molecule has 0 saturated carbocycles. The van der Waals surface area contributed by atoms with Crippen LogP contribution in [-0.4, -0.2) is 13.3 Å². The molecular weight excluding hydrogens is 83.0 g/mol. The van der Waals surface area contributed by atoms with Gasteiger partial charge in [-0.1, -0.05) is 0 Å². The molecule has 0 fully saturated rings. The van der Waals surface area contributed by atoms with Crippen molar-refractivity contribution in [1.29, 1.82) is 0 Å². The van der Waals surface area contributed by atoms with Gasteiger partial charge in [-0.3, -0.25) is 0 Å². The summed E-state index contributed by atoms with van der Waals surface area (Å²) in [5, 5.41) is 0. The average Bonchev–Trinajstić information content (AvgIpc) is 1.61. The summed E-state index contributed by atoms with van der Waals surface area (Å²) in [4.78, 5) is 0. The second kappa shape index (κ2) is 4.89. The van der Waals surface area contributed by atoms with Crippen molar-refractivity contribution in [2.75, 3.05) is 13.3 Å². The van der Waals surface area contributed by atoms with Crippen LogP contribution in [0.1, 0.15) is 6.92 Å². The van der Waals surface area contributed by atoms with Crippen LogP contribution in [0, 0.1) is 6.61 Å². The van der Waals surface area contributed by atoms with E-state index < -0.39 is 6.67 Å². The van der Waals surface area contributed by atoms with E-state index in [4.69, 9.17) is 0 Å². The van der Waals surface area contributed by atoms with Crippen LogP contribution in [0.25, 0.3) is 0 Å². The molecule has 0 rings (SSSR count). The Labute approximate surface area is 37.1 Å². The van der Waals surface area contributed by atoms with E-state index in [0.29, 0.717) is 6.61 Å². The lowest BCUT2D eigenvalue weighted by molar-refractivity contribution is 0.193. The topological polar surface area (TPSA) is 9.23 Å². The van der Waals surface area contributed by atoms with Crippen molar-refractivity contribution in [3.63, 3.8) is 0 Å². The van der Waals surface area contributed by atoms with Gasteiger partial charge < -0.3 is 4.74 Å². The Balaban J connectivity index is 2.34. The quantitative estimate of drug-likeness (QED) is 0.473. The van der Waals surface area contributed by atoms with Gasteiger partial charge in [-0.05, 0) is 6.92 Å². The summed E-state index contributed by atoms with van der Waals surface area (Å²) < 4.78 is 15.5. The van der Waals surface area contributed by atoms with Crippen LogP contribution in [0.2, 0.25) is 0 Å². The molecule has 0 heterocycles. The maximum absolute atomic E-state index is 11.0. The lowest BCUT2D eigenvalue weighted by atomic mass is 10.8. The van der Waals surface area contributed by atoms with E-state index in [9.17, 15) is 4.39 Å². The summed E-state index contributed by atoms with van der Waals surface area (Å²) in [6, 6.07) is 0. The Hall–Kier alpha value is -0.110. The predicted octanol–water partition coefficient (Wildman–Crippen LogP) is 1.15. The van der Waals surface area contributed by atoms with E-state index in [2.05, 4.69) is 4.74 Å². The normalized spacial score (nSPS) is 9.00. The van der Waals surface area contributed by atoms with Gasteiger partial charge in [-0.15, -0.1) is 0 Å². The Bertz CT molecular complexity index is 19.5. The second-order valence-electron chi connectivity index (χ2n) is 0.776. The van der Waals surface area contributed by atoms with Crippen LogP contribution in [-0.2, 0) is 4.74 Å². The molecule has 1 radical (unpaired) electrons. The first-order chi connectivity index (χ1) is 2.91. The lowest BCUT2D eigenvalue weighted by Gasteiger charge is -1.88. The molecule has 0 aromatic rings. The van der Waals surface area contributed by atoms with E-state index in [1.807, 2.05) is 6.92 Å². The molecule has 0 bridgehead atoms. The highest BCUT2D eigenvalue weighted by Crippen LogP contribution is 1.78. The Morgan fingerprint density at radius 3 is 2.67 bits per heavy atom. The fourth-order valence-corrected chi connectivity index (χ4v) is 0.162. The minimum absolute atomic E-state index is 0.492. The number of hydrogen-bond acceptors (Lipinski definition) is 1. The van der Waals surface area contributed by atoms with Crippen LogP contribution in [0.15, 0.2) is 0 Å². The number of hydrogen-bond donors (Lipinski definition) is 0. The van der Waals surface area contributed by atoms with E-state index in [0.717, 1.165) is 6.61 Å². The lowest BCUT2D eigenvalue weighted by Crippen LogP contribution is -1.85. The molecule has 0 N–H and O–H groups in total. The molecule has 0 unspecified atom stereocenters. The molecule has 0 aromatic heterocycles. The van der Waals surface area contributed by atoms with E-state index in [1.54, 1.807) is 0 Å². The number of halogens is 1. The number of rotatable bonds is 3. The van der Waals surface area contributed by atoms with E-state index >= 15 is 0 Å². The highest BCUT2D eigenvalue weighted by atomic mass is 19.1. The number of ether oxygens (including phenoxy) is 1. The minimum atomic E-state index is -0.492. The van der Waals surface area contributed by atoms with Gasteiger partial charge in [-0.2, -0.15) is 0 Å². The van der Waals surface area contributed by atoms with Gasteiger partial charge in [0.15, 0.2) is 0 Å². The maximum atomic E-state index is 11.0. The first-order valence-corrected chi connectivity index (χ1v) is 1.91. The van der Waals surface area contributed by atoms with Crippen molar-refractivity contribution in [2.45, 2.75) is 6.92 Å². The molecule has 0 spiro atoms. The van der Waals surface area contributed by atoms with Crippen molar-refractivity contribution in [2.24, 2.45) is 0 Å². The summed E-state index contributed by atoms with van der Waals surface area (Å²) >= 11 is 0. The van der Waals surface area contributed by atoms with Crippen molar-refractivity contribution in [3.05, 3.63) is 6.61 Å². The third-order valence-corrected chi connectivity index (χ3v) is 0.348. The van der Waals surface area contributed by atoms with E-state index in [-0.39, 0.29) is 0 Å². The van der Waals surface area contributed by atoms with Crippen molar-refractivity contribution >= 4 is 0 Å². The molecule has 2 heteroatoms. The molecule has 0 aliphatic rings. The molecular formula is C4H8FO. The standard InChI is InChI=1S/C4H8FO/c1-2-6-4-3-5/h4H,2-3H2,1H3. The first-order valence-electron chi connectivity index (χ1n) is 1.91. The van der Waals surface area contributed by atoms with Crippen molar-refractivity contribution < 1.29 is 9.13 Å². The molecule has 0 aromatic carbocycles. The number of alkyl halides is 1. The molecule has 6 heavy (non-hydrogen) atoms. The molecule has 0 atom stereocenters. The van der Waals surface area contributed by atoms with E-state index in [1.165, 1.54) is 0 Å². The zero-order valence-corrected chi connectivity index (χ0v) is 3.78. The highest BCUT2D eigenvalue weighted by Gasteiger charge is 1.77. The second-order valence-corrected chi connectivity index (χ2v) is 0.776. The summed E-state index contributed by atoms with van der Waals surface area (Å²) in [6.07, 6.45) is 0. The van der Waals surface area contributed by atoms with Gasteiger partial charge in [0.05, 0.1) is 0 Å². The summed E-state index contributed by atoms with van der Waals surface area (Å²) in [5.74, 6) is 0. The van der Waals surface area contributed by atoms with Gasteiger partial charge in [0, 0.05) is 6.61 Å². The zero-order valence-electron chi connectivity index (χ0n) is 3.78. The third-order valence-electron chi connectivity index (χ3n) is 0.348. The van der Waals surface area contributed by atoms with Crippen LogP contribution < -0.4 is 0 Å². The third kappa shape index (κ3) is 3.89. The van der Waals surface area contributed by atoms with Crippen molar-refractivity contribution in [1.82, 2.24) is 0 Å². The van der Waals surface area contributed by atoms with Crippen LogP contribution >= 0.6 is 0 Å². The Morgan fingerprint density at radius 2 is 2.50 bits per heavy atom. The summed E-state index contributed by atoms with van der Waals surface area (Å²) in [5.41, 5.74) is 0. The van der Waals surface area contributed by atoms with Gasteiger partial charge in [-0.25, -0.2) is 4.39 Å². The molecule has 0 aliphatic carbocycles. The Kier molecular flexibility index (Phi) is 4.80. The van der Waals surface area contributed by atoms with Crippen LogP contribution in [0.3, 0.4) is 0 Å². The predicted molar refractivity (Wildman–Crippen MR) is 21.9 cm³/mol. The summed E-state index contributed by atoms with van der Waals surface area (Å²) in [6.45, 7) is 3.02. The van der Waals surface area contributed by atoms with Crippen LogP contribution in [0.5, 0.6) is 0 Å². The van der Waals surface area contributed by atoms with Crippen molar-refractivity contribution in [3.8, 4) is 0 Å².